The molecule has 33 heavy (non-hydrogen) atoms. The average Bonchev–Trinajstić information content (AvgIpc) is 2.51. The Kier molecular flexibility index (Phi) is 13.9. The molecule has 2 N–H and O–H groups in total. The number of phenols is 2. The maximum atomic E-state index is 9.72. The number of aromatic hydroxyl groups is 2. The van der Waals surface area contributed by atoms with Crippen LogP contribution in [0.3, 0.4) is 0 Å². The molecule has 2 aromatic rings. The number of phenolic OH excluding ortho intramolecular Hbond substituents is 2. The van der Waals surface area contributed by atoms with E-state index < -0.39 is 0 Å². The summed E-state index contributed by atoms with van der Waals surface area (Å²) < 4.78 is 0. The zero-order valence-electron chi connectivity index (χ0n) is 23.9. The molecule has 2 aromatic carbocycles. The summed E-state index contributed by atoms with van der Waals surface area (Å²) in [6.07, 6.45) is 0. The summed E-state index contributed by atoms with van der Waals surface area (Å²) >= 11 is 0. The Morgan fingerprint density at radius 2 is 0.545 bits per heavy atom. The fourth-order valence-corrected chi connectivity index (χ4v) is 2.95. The van der Waals surface area contributed by atoms with E-state index >= 15 is 0 Å². The molecule has 0 amide bonds. The van der Waals surface area contributed by atoms with Crippen LogP contribution in [0, 0.1) is 14.9 Å². The SMILES string of the molecule is CC(C)(C)c1cc(O)cc(C(C)(C)C)c1.CC(C)(C)c1cc(O)cc(C(C)(C)C)c1.[CH3-].[CH3-].[Zr+2]. The van der Waals surface area contributed by atoms with Crippen molar-refractivity contribution in [1.82, 2.24) is 0 Å². The standard InChI is InChI=1S/2C14H22O.2CH3.Zr/c2*1-13(2,3)10-7-11(14(4,5)6)9-12(15)8-10;;;/h2*7-9,15H,1-6H3;2*1H3;/q;;2*-1;+2. The molecular formula is C30H50O2Zr. The maximum absolute atomic E-state index is 9.72. The van der Waals surface area contributed by atoms with Gasteiger partial charge in [-0.05, 0) is 68.2 Å². The Bertz CT molecular complexity index is 717. The third kappa shape index (κ3) is 11.7. The molecule has 2 nitrogen and oxygen atoms in total. The van der Waals surface area contributed by atoms with E-state index in [1.54, 1.807) is 0 Å². The summed E-state index contributed by atoms with van der Waals surface area (Å²) in [5.41, 5.74) is 5.08. The van der Waals surface area contributed by atoms with Crippen molar-refractivity contribution >= 4 is 0 Å². The molecular weight excluding hydrogens is 484 g/mol. The molecule has 0 saturated carbocycles. The maximum Gasteiger partial charge on any atom is 2.00 e. The number of hydrogen-bond donors (Lipinski definition) is 2. The van der Waals surface area contributed by atoms with Crippen LogP contribution in [-0.2, 0) is 47.9 Å². The van der Waals surface area contributed by atoms with E-state index in [4.69, 9.17) is 0 Å². The molecule has 0 atom stereocenters. The second kappa shape index (κ2) is 12.6. The van der Waals surface area contributed by atoms with Crippen LogP contribution in [-0.4, -0.2) is 10.2 Å². The predicted molar refractivity (Wildman–Crippen MR) is 144 cm³/mol. The van der Waals surface area contributed by atoms with E-state index in [1.807, 2.05) is 24.3 Å². The fourth-order valence-electron chi connectivity index (χ4n) is 2.95. The fraction of sp³-hybridized carbons (Fsp3) is 0.533. The van der Waals surface area contributed by atoms with Crippen molar-refractivity contribution in [2.75, 3.05) is 0 Å². The van der Waals surface area contributed by atoms with Crippen LogP contribution < -0.4 is 0 Å². The monoisotopic (exact) mass is 532 g/mol. The van der Waals surface area contributed by atoms with Gasteiger partial charge in [-0.15, -0.1) is 0 Å². The van der Waals surface area contributed by atoms with Gasteiger partial charge in [0.15, 0.2) is 0 Å². The average molecular weight is 534 g/mol. The molecule has 2 rings (SSSR count). The van der Waals surface area contributed by atoms with Crippen molar-refractivity contribution in [3.8, 4) is 11.5 Å². The first-order valence-corrected chi connectivity index (χ1v) is 10.9. The van der Waals surface area contributed by atoms with Gasteiger partial charge in [0, 0.05) is 0 Å². The summed E-state index contributed by atoms with van der Waals surface area (Å²) in [4.78, 5) is 0. The topological polar surface area (TPSA) is 40.5 Å². The second-order valence-electron chi connectivity index (χ2n) is 12.5. The zero-order valence-corrected chi connectivity index (χ0v) is 26.3. The van der Waals surface area contributed by atoms with Crippen molar-refractivity contribution in [2.45, 2.75) is 105 Å². The molecule has 3 heteroatoms. The molecule has 0 aromatic heterocycles. The van der Waals surface area contributed by atoms with Gasteiger partial charge in [0.25, 0.3) is 0 Å². The Morgan fingerprint density at radius 3 is 0.667 bits per heavy atom. The minimum atomic E-state index is 0. The van der Waals surface area contributed by atoms with Crippen LogP contribution >= 0.6 is 0 Å². The molecule has 0 fully saturated rings. The van der Waals surface area contributed by atoms with E-state index in [2.05, 4.69) is 95.2 Å². The van der Waals surface area contributed by atoms with E-state index in [0.29, 0.717) is 11.5 Å². The quantitative estimate of drug-likeness (QED) is 0.332. The smallest absolute Gasteiger partial charge is 0.508 e. The van der Waals surface area contributed by atoms with E-state index in [0.717, 1.165) is 0 Å². The summed E-state index contributed by atoms with van der Waals surface area (Å²) in [5.74, 6) is 0.736. The zero-order chi connectivity index (χ0) is 23.7. The predicted octanol–water partition coefficient (Wildman–Crippen LogP) is 8.87. The minimum absolute atomic E-state index is 0. The van der Waals surface area contributed by atoms with Crippen LogP contribution in [0.25, 0.3) is 0 Å². The first-order chi connectivity index (χ1) is 13.2. The molecule has 0 spiro atoms. The van der Waals surface area contributed by atoms with Crippen molar-refractivity contribution in [1.29, 1.82) is 0 Å². The molecule has 0 saturated heterocycles. The third-order valence-electron chi connectivity index (χ3n) is 5.30. The van der Waals surface area contributed by atoms with Gasteiger partial charge in [0.2, 0.25) is 0 Å². The normalized spacial score (nSPS) is 11.8. The van der Waals surface area contributed by atoms with E-state index in [9.17, 15) is 10.2 Å². The Balaban J connectivity index is -0.000000500. The number of hydrogen-bond acceptors (Lipinski definition) is 2. The Labute approximate surface area is 225 Å². The first-order valence-electron chi connectivity index (χ1n) is 10.9. The summed E-state index contributed by atoms with van der Waals surface area (Å²) in [6, 6.07) is 11.8. The van der Waals surface area contributed by atoms with Crippen LogP contribution in [0.1, 0.15) is 105 Å². The summed E-state index contributed by atoms with van der Waals surface area (Å²) in [7, 11) is 0. The summed E-state index contributed by atoms with van der Waals surface area (Å²) in [5, 5.41) is 19.4. The van der Waals surface area contributed by atoms with Gasteiger partial charge >= 0.3 is 26.2 Å². The molecule has 0 aliphatic rings. The first kappa shape index (κ1) is 36.5. The molecule has 0 radical (unpaired) electrons. The molecule has 186 valence electrons. The van der Waals surface area contributed by atoms with Crippen molar-refractivity contribution in [3.05, 3.63) is 73.5 Å². The minimum Gasteiger partial charge on any atom is -0.508 e. The second-order valence-corrected chi connectivity index (χ2v) is 12.5. The van der Waals surface area contributed by atoms with Crippen molar-refractivity contribution < 1.29 is 36.4 Å². The number of rotatable bonds is 0. The molecule has 0 aliphatic heterocycles. The number of benzene rings is 2. The van der Waals surface area contributed by atoms with Gasteiger partial charge in [0.1, 0.15) is 11.5 Å². The molecule has 0 bridgehead atoms. The third-order valence-corrected chi connectivity index (χ3v) is 5.30. The van der Waals surface area contributed by atoms with E-state index in [1.165, 1.54) is 22.3 Å². The summed E-state index contributed by atoms with van der Waals surface area (Å²) in [6.45, 7) is 25.9. The van der Waals surface area contributed by atoms with Crippen LogP contribution in [0.4, 0.5) is 0 Å². The van der Waals surface area contributed by atoms with Crippen LogP contribution in [0.5, 0.6) is 11.5 Å². The van der Waals surface area contributed by atoms with Gasteiger partial charge in [-0.3, -0.25) is 0 Å². The van der Waals surface area contributed by atoms with Gasteiger partial charge in [-0.1, -0.05) is 95.2 Å². The Morgan fingerprint density at radius 1 is 0.394 bits per heavy atom. The van der Waals surface area contributed by atoms with Crippen LogP contribution in [0.2, 0.25) is 0 Å². The molecule has 0 aliphatic carbocycles. The Hall–Kier alpha value is -1.08. The van der Waals surface area contributed by atoms with Crippen molar-refractivity contribution in [2.24, 2.45) is 0 Å². The molecule has 0 unspecified atom stereocenters. The van der Waals surface area contributed by atoms with Crippen LogP contribution in [0.15, 0.2) is 36.4 Å². The van der Waals surface area contributed by atoms with Crippen molar-refractivity contribution in [3.63, 3.8) is 0 Å². The van der Waals surface area contributed by atoms with Gasteiger partial charge < -0.3 is 25.1 Å². The van der Waals surface area contributed by atoms with E-state index in [-0.39, 0.29) is 62.7 Å². The van der Waals surface area contributed by atoms with Gasteiger partial charge in [-0.2, -0.15) is 0 Å². The molecule has 0 heterocycles. The van der Waals surface area contributed by atoms with Gasteiger partial charge in [0.05, 0.1) is 0 Å². The van der Waals surface area contributed by atoms with Gasteiger partial charge in [-0.25, -0.2) is 0 Å². The largest absolute Gasteiger partial charge is 2.00 e.